The Hall–Kier alpha value is -2.06. The van der Waals surface area contributed by atoms with Gasteiger partial charge in [0.05, 0.1) is 16.6 Å². The van der Waals surface area contributed by atoms with Gasteiger partial charge < -0.3 is 14.8 Å². The van der Waals surface area contributed by atoms with Crippen LogP contribution in [0.15, 0.2) is 18.2 Å². The average molecular weight is 429 g/mol. The third-order valence-corrected chi connectivity index (χ3v) is 5.60. The molecule has 0 bridgehead atoms. The number of ether oxygens (including phenoxy) is 2. The largest absolute Gasteiger partial charge is 0.490 e. The van der Waals surface area contributed by atoms with Crippen LogP contribution in [0.1, 0.15) is 43.0 Å². The molecule has 0 spiro atoms. The maximum Gasteiger partial charge on any atom is 0.490 e. The van der Waals surface area contributed by atoms with Crippen molar-refractivity contribution in [3.8, 4) is 5.75 Å². The number of hydrogen-bond acceptors (Lipinski definition) is 5. The van der Waals surface area contributed by atoms with Crippen LogP contribution in [0.2, 0.25) is 5.02 Å². The highest BCUT2D eigenvalue weighted by atomic mass is 35.5. The van der Waals surface area contributed by atoms with Crippen LogP contribution in [-0.2, 0) is 16.0 Å². The Morgan fingerprint density at radius 3 is 2.72 bits per heavy atom. The standard InChI is InChI=1S/C20H20ClF3N2O3/c21-14-5-6-16(28-11-3-1-2-4-11)13-9-12-15(26-18(13)14)7-8-25-10-17(12)29-19(27)20(22,23)24/h5-6,9,11,17,25H,1-4,7-8,10H2. The SMILES string of the molecule is O=C(OC1CNCCc2nc3c(Cl)ccc(OC4CCCC4)c3cc21)C(F)(F)F. The minimum absolute atomic E-state index is 0.0708. The van der Waals surface area contributed by atoms with Gasteiger partial charge in [0.2, 0.25) is 0 Å². The van der Waals surface area contributed by atoms with Gasteiger partial charge in [-0.05, 0) is 43.9 Å². The molecule has 9 heteroatoms. The van der Waals surface area contributed by atoms with E-state index in [4.69, 9.17) is 21.1 Å². The summed E-state index contributed by atoms with van der Waals surface area (Å²) in [6, 6.07) is 5.17. The van der Waals surface area contributed by atoms with Crippen molar-refractivity contribution < 1.29 is 27.4 Å². The van der Waals surface area contributed by atoms with Gasteiger partial charge in [-0.25, -0.2) is 4.79 Å². The Morgan fingerprint density at radius 1 is 1.24 bits per heavy atom. The maximum atomic E-state index is 12.7. The number of alkyl halides is 3. The molecule has 4 rings (SSSR count). The lowest BCUT2D eigenvalue weighted by atomic mass is 10.0. The van der Waals surface area contributed by atoms with Crippen LogP contribution < -0.4 is 10.1 Å². The highest BCUT2D eigenvalue weighted by molar-refractivity contribution is 6.35. The number of hydrogen-bond donors (Lipinski definition) is 1. The summed E-state index contributed by atoms with van der Waals surface area (Å²) in [5.74, 6) is -1.63. The summed E-state index contributed by atoms with van der Waals surface area (Å²) in [5.41, 5.74) is 1.53. The summed E-state index contributed by atoms with van der Waals surface area (Å²) in [7, 11) is 0. The van der Waals surface area contributed by atoms with E-state index in [0.717, 1.165) is 25.7 Å². The van der Waals surface area contributed by atoms with E-state index >= 15 is 0 Å². The molecule has 5 nitrogen and oxygen atoms in total. The number of carbonyl (C=O) groups excluding carboxylic acids is 1. The van der Waals surface area contributed by atoms with E-state index in [1.165, 1.54) is 0 Å². The highest BCUT2D eigenvalue weighted by Gasteiger charge is 2.43. The van der Waals surface area contributed by atoms with Crippen molar-refractivity contribution in [3.63, 3.8) is 0 Å². The number of esters is 1. The molecule has 1 atom stereocenters. The van der Waals surface area contributed by atoms with E-state index in [1.54, 1.807) is 18.2 Å². The second-order valence-electron chi connectivity index (χ2n) is 7.34. The predicted octanol–water partition coefficient (Wildman–Crippen LogP) is 4.50. The summed E-state index contributed by atoms with van der Waals surface area (Å²) >= 11 is 6.34. The zero-order valence-electron chi connectivity index (χ0n) is 15.5. The third-order valence-electron chi connectivity index (χ3n) is 5.30. The first kappa shape index (κ1) is 20.2. The van der Waals surface area contributed by atoms with Crippen molar-refractivity contribution in [1.82, 2.24) is 10.3 Å². The lowest BCUT2D eigenvalue weighted by Gasteiger charge is -2.21. The van der Waals surface area contributed by atoms with Crippen molar-refractivity contribution in [3.05, 3.63) is 34.5 Å². The van der Waals surface area contributed by atoms with E-state index < -0.39 is 18.2 Å². The van der Waals surface area contributed by atoms with Gasteiger partial charge >= 0.3 is 12.1 Å². The molecule has 1 fully saturated rings. The van der Waals surface area contributed by atoms with Crippen LogP contribution in [0, 0.1) is 0 Å². The molecule has 2 aromatic rings. The second kappa shape index (κ2) is 7.99. The fourth-order valence-corrected chi connectivity index (χ4v) is 4.08. The molecule has 1 aliphatic heterocycles. The van der Waals surface area contributed by atoms with Crippen molar-refractivity contribution in [2.45, 2.75) is 50.5 Å². The Bertz CT molecular complexity index is 929. The van der Waals surface area contributed by atoms with Crippen molar-refractivity contribution in [2.75, 3.05) is 13.1 Å². The van der Waals surface area contributed by atoms with Gasteiger partial charge in [-0.3, -0.25) is 4.98 Å². The molecule has 0 radical (unpaired) electrons. The summed E-state index contributed by atoms with van der Waals surface area (Å²) in [4.78, 5) is 16.0. The molecule has 1 aromatic carbocycles. The first-order chi connectivity index (χ1) is 13.8. The maximum absolute atomic E-state index is 12.7. The molecule has 29 heavy (non-hydrogen) atoms. The number of benzene rings is 1. The number of fused-ring (bicyclic) bond motifs is 2. The number of halogens is 4. The smallest absolute Gasteiger partial charge is 0.490 e. The number of aromatic nitrogens is 1. The van der Waals surface area contributed by atoms with Gasteiger partial charge in [-0.15, -0.1) is 0 Å². The van der Waals surface area contributed by atoms with Gasteiger partial charge in [0.25, 0.3) is 0 Å². The fraction of sp³-hybridized carbons (Fsp3) is 0.500. The van der Waals surface area contributed by atoms with Gasteiger partial charge in [-0.2, -0.15) is 13.2 Å². The van der Waals surface area contributed by atoms with Crippen LogP contribution in [0.25, 0.3) is 10.9 Å². The lowest BCUT2D eigenvalue weighted by Crippen LogP contribution is -2.30. The van der Waals surface area contributed by atoms with Gasteiger partial charge in [0, 0.05) is 36.2 Å². The predicted molar refractivity (Wildman–Crippen MR) is 101 cm³/mol. The van der Waals surface area contributed by atoms with Crippen LogP contribution >= 0.6 is 11.6 Å². The molecule has 1 aliphatic carbocycles. The molecule has 1 saturated carbocycles. The lowest BCUT2D eigenvalue weighted by molar-refractivity contribution is -0.205. The summed E-state index contributed by atoms with van der Waals surface area (Å²) in [6.45, 7) is 0.572. The van der Waals surface area contributed by atoms with Crippen molar-refractivity contribution >= 4 is 28.5 Å². The number of carbonyl (C=O) groups is 1. The Labute approximate surface area is 170 Å². The molecular formula is C20H20ClF3N2O3. The monoisotopic (exact) mass is 428 g/mol. The summed E-state index contributed by atoms with van der Waals surface area (Å²) < 4.78 is 49.1. The molecular weight excluding hydrogens is 409 g/mol. The number of nitrogens with one attached hydrogen (secondary N) is 1. The summed E-state index contributed by atoms with van der Waals surface area (Å²) in [5, 5.41) is 4.04. The van der Waals surface area contributed by atoms with E-state index in [-0.39, 0.29) is 12.6 Å². The van der Waals surface area contributed by atoms with Crippen LogP contribution in [0.5, 0.6) is 5.75 Å². The molecule has 1 aromatic heterocycles. The zero-order valence-corrected chi connectivity index (χ0v) is 16.3. The number of nitrogens with zero attached hydrogens (tertiary/aromatic N) is 1. The first-order valence-electron chi connectivity index (χ1n) is 9.60. The topological polar surface area (TPSA) is 60.5 Å². The van der Waals surface area contributed by atoms with Gasteiger partial charge in [-0.1, -0.05) is 11.6 Å². The molecule has 2 aliphatic rings. The Balaban J connectivity index is 1.76. The van der Waals surface area contributed by atoms with E-state index in [2.05, 4.69) is 10.3 Å². The zero-order chi connectivity index (χ0) is 20.6. The van der Waals surface area contributed by atoms with Crippen LogP contribution in [0.4, 0.5) is 13.2 Å². The van der Waals surface area contributed by atoms with Gasteiger partial charge in [0.1, 0.15) is 11.9 Å². The normalized spacial score (nSPS) is 20.3. The van der Waals surface area contributed by atoms with Crippen LogP contribution in [0.3, 0.4) is 0 Å². The molecule has 2 heterocycles. The van der Waals surface area contributed by atoms with Gasteiger partial charge in [0.15, 0.2) is 0 Å². The van der Waals surface area contributed by atoms with E-state index in [0.29, 0.717) is 45.9 Å². The molecule has 156 valence electrons. The van der Waals surface area contributed by atoms with E-state index in [1.807, 2.05) is 0 Å². The van der Waals surface area contributed by atoms with Crippen molar-refractivity contribution in [1.29, 1.82) is 0 Å². The minimum Gasteiger partial charge on any atom is -0.490 e. The molecule has 1 N–H and O–H groups in total. The summed E-state index contributed by atoms with van der Waals surface area (Å²) in [6.07, 6.45) is -1.46. The second-order valence-corrected chi connectivity index (χ2v) is 7.74. The Kier molecular flexibility index (Phi) is 5.57. The average Bonchev–Trinajstić information content (AvgIpc) is 3.10. The van der Waals surface area contributed by atoms with Crippen molar-refractivity contribution in [2.24, 2.45) is 0 Å². The van der Waals surface area contributed by atoms with E-state index in [9.17, 15) is 18.0 Å². The fourth-order valence-electron chi connectivity index (χ4n) is 3.87. The first-order valence-corrected chi connectivity index (χ1v) is 9.98. The Morgan fingerprint density at radius 2 is 2.00 bits per heavy atom. The molecule has 1 unspecified atom stereocenters. The highest BCUT2D eigenvalue weighted by Crippen LogP contribution is 2.37. The number of rotatable bonds is 3. The quantitative estimate of drug-likeness (QED) is 0.729. The number of pyridine rings is 1. The minimum atomic E-state index is -5.06. The third kappa shape index (κ3) is 4.28. The van der Waals surface area contributed by atoms with Crippen LogP contribution in [-0.4, -0.2) is 36.3 Å². The molecule has 0 amide bonds. The molecule has 0 saturated heterocycles.